The van der Waals surface area contributed by atoms with E-state index in [4.69, 9.17) is 5.73 Å². The van der Waals surface area contributed by atoms with Gasteiger partial charge in [0.2, 0.25) is 0 Å². The maximum atomic E-state index is 6.27. The molecule has 0 fully saturated rings. The number of hydrogen-bond donors (Lipinski definition) is 1. The van der Waals surface area contributed by atoms with Crippen LogP contribution < -0.4 is 5.73 Å². The minimum absolute atomic E-state index is 0. The second kappa shape index (κ2) is 21.2. The van der Waals surface area contributed by atoms with E-state index in [0.717, 1.165) is 6.42 Å². The van der Waals surface area contributed by atoms with Crippen LogP contribution in [0, 0.1) is 0 Å². The lowest BCUT2D eigenvalue weighted by Crippen LogP contribution is -2.22. The molecule has 0 bridgehead atoms. The summed E-state index contributed by atoms with van der Waals surface area (Å²) >= 11 is 0. The summed E-state index contributed by atoms with van der Waals surface area (Å²) in [7, 11) is 0. The Morgan fingerprint density at radius 3 is 1.43 bits per heavy atom. The monoisotopic (exact) mass is 409 g/mol. The van der Waals surface area contributed by atoms with Gasteiger partial charge in [-0.3, -0.25) is 0 Å². The Labute approximate surface area is 182 Å². The molecule has 28 heavy (non-hydrogen) atoms. The molecule has 2 heteroatoms. The summed E-state index contributed by atoms with van der Waals surface area (Å²) in [5.41, 5.74) is 7.64. The molecule has 0 aliphatic heterocycles. The van der Waals surface area contributed by atoms with Crippen molar-refractivity contribution in [3.05, 3.63) is 35.9 Å². The average molecular weight is 410 g/mol. The van der Waals surface area contributed by atoms with Gasteiger partial charge in [0.15, 0.2) is 0 Å². The van der Waals surface area contributed by atoms with Crippen molar-refractivity contribution in [3.8, 4) is 0 Å². The van der Waals surface area contributed by atoms with Crippen molar-refractivity contribution in [2.45, 2.75) is 129 Å². The third-order valence-corrected chi connectivity index (χ3v) is 5.77. The van der Waals surface area contributed by atoms with Crippen molar-refractivity contribution < 1.29 is 0 Å². The van der Waals surface area contributed by atoms with Crippen LogP contribution in [0.1, 0.15) is 122 Å². The summed E-state index contributed by atoms with van der Waals surface area (Å²) in [6.45, 7) is 2.29. The summed E-state index contributed by atoms with van der Waals surface area (Å²) in [5.74, 6) is 0. The van der Waals surface area contributed by atoms with Crippen molar-refractivity contribution in [2.24, 2.45) is 5.73 Å². The van der Waals surface area contributed by atoms with Crippen molar-refractivity contribution >= 4 is 12.4 Å². The molecule has 0 radical (unpaired) electrons. The van der Waals surface area contributed by atoms with E-state index in [1.54, 1.807) is 0 Å². The van der Waals surface area contributed by atoms with Crippen molar-refractivity contribution in [2.75, 3.05) is 0 Å². The number of nitrogens with two attached hydrogens (primary N) is 1. The Morgan fingerprint density at radius 1 is 0.607 bits per heavy atom. The normalized spacial score (nSPS) is 11.9. The van der Waals surface area contributed by atoms with Gasteiger partial charge >= 0.3 is 0 Å². The molecule has 1 atom stereocenters. The molecule has 164 valence electrons. The third-order valence-electron chi connectivity index (χ3n) is 5.77. The van der Waals surface area contributed by atoms with Gasteiger partial charge in [0.25, 0.3) is 0 Å². The summed E-state index contributed by atoms with van der Waals surface area (Å²) in [6.07, 6.45) is 25.1. The molecule has 0 spiro atoms. The SMILES string of the molecule is CCCCCCCCCCCCCCCCCCC(N)Cc1ccccc1.Cl. The van der Waals surface area contributed by atoms with Gasteiger partial charge < -0.3 is 5.73 Å². The molecule has 0 aromatic heterocycles. The van der Waals surface area contributed by atoms with E-state index in [1.165, 1.54) is 115 Å². The Kier molecular flexibility index (Phi) is 20.8. The first-order valence-electron chi connectivity index (χ1n) is 12.1. The van der Waals surface area contributed by atoms with Gasteiger partial charge in [-0.1, -0.05) is 140 Å². The van der Waals surface area contributed by atoms with E-state index >= 15 is 0 Å². The smallest absolute Gasteiger partial charge is 0.00793 e. The highest BCUT2D eigenvalue weighted by Gasteiger charge is 2.03. The fourth-order valence-electron chi connectivity index (χ4n) is 3.97. The number of halogens is 1. The van der Waals surface area contributed by atoms with E-state index in [0.29, 0.717) is 6.04 Å². The molecule has 0 aliphatic rings. The second-order valence-corrected chi connectivity index (χ2v) is 8.54. The predicted molar refractivity (Wildman–Crippen MR) is 130 cm³/mol. The lowest BCUT2D eigenvalue weighted by Gasteiger charge is -2.11. The van der Waals surface area contributed by atoms with Crippen LogP contribution in [-0.2, 0) is 6.42 Å². The molecular weight excluding hydrogens is 362 g/mol. The number of benzene rings is 1. The molecule has 0 amide bonds. The van der Waals surface area contributed by atoms with E-state index in [-0.39, 0.29) is 12.4 Å². The van der Waals surface area contributed by atoms with Gasteiger partial charge in [-0.05, 0) is 18.4 Å². The van der Waals surface area contributed by atoms with Crippen LogP contribution in [0.15, 0.2) is 30.3 Å². The van der Waals surface area contributed by atoms with E-state index in [1.807, 2.05) is 0 Å². The third kappa shape index (κ3) is 17.6. The van der Waals surface area contributed by atoms with Crippen LogP contribution in [0.2, 0.25) is 0 Å². The molecular formula is C26H48ClN. The number of rotatable bonds is 19. The molecule has 0 aliphatic carbocycles. The molecule has 0 saturated carbocycles. The van der Waals surface area contributed by atoms with Crippen molar-refractivity contribution in [1.29, 1.82) is 0 Å². The highest BCUT2D eigenvalue weighted by Crippen LogP contribution is 2.14. The molecule has 1 nitrogen and oxygen atoms in total. The molecule has 1 rings (SSSR count). The molecule has 0 saturated heterocycles. The summed E-state index contributed by atoms with van der Waals surface area (Å²) in [4.78, 5) is 0. The largest absolute Gasteiger partial charge is 0.327 e. The zero-order valence-corrected chi connectivity index (χ0v) is 19.5. The van der Waals surface area contributed by atoms with Crippen LogP contribution in [0.25, 0.3) is 0 Å². The number of unbranched alkanes of at least 4 members (excludes halogenated alkanes) is 15. The van der Waals surface area contributed by atoms with Gasteiger partial charge in [0.05, 0.1) is 0 Å². The Hall–Kier alpha value is -0.530. The topological polar surface area (TPSA) is 26.0 Å². The van der Waals surface area contributed by atoms with Gasteiger partial charge in [-0.2, -0.15) is 0 Å². The lowest BCUT2D eigenvalue weighted by molar-refractivity contribution is 0.513. The average Bonchev–Trinajstić information content (AvgIpc) is 2.68. The predicted octanol–water partition coefficient (Wildman–Crippen LogP) is 8.63. The van der Waals surface area contributed by atoms with Crippen LogP contribution in [-0.4, -0.2) is 6.04 Å². The maximum absolute atomic E-state index is 6.27. The van der Waals surface area contributed by atoms with Crippen LogP contribution >= 0.6 is 12.4 Å². The molecule has 1 aromatic rings. The lowest BCUT2D eigenvalue weighted by atomic mass is 10.00. The second-order valence-electron chi connectivity index (χ2n) is 8.54. The zero-order chi connectivity index (χ0) is 19.4. The highest BCUT2D eigenvalue weighted by atomic mass is 35.5. The van der Waals surface area contributed by atoms with Gasteiger partial charge in [-0.25, -0.2) is 0 Å². The minimum atomic E-state index is 0. The van der Waals surface area contributed by atoms with Gasteiger partial charge in [0.1, 0.15) is 0 Å². The summed E-state index contributed by atoms with van der Waals surface area (Å²) in [6, 6.07) is 11.0. The first kappa shape index (κ1) is 27.5. The molecule has 1 unspecified atom stereocenters. The summed E-state index contributed by atoms with van der Waals surface area (Å²) < 4.78 is 0. The van der Waals surface area contributed by atoms with Crippen LogP contribution in [0.4, 0.5) is 0 Å². The maximum Gasteiger partial charge on any atom is 0.00793 e. The standard InChI is InChI=1S/C26H47N.ClH/c1-2-3-4-5-6-7-8-9-10-11-12-13-14-15-16-20-23-26(27)24-25-21-18-17-19-22-25;/h17-19,21-22,26H,2-16,20,23-24,27H2,1H3;1H. The first-order chi connectivity index (χ1) is 13.3. The van der Waals surface area contributed by atoms with E-state index in [2.05, 4.69) is 37.3 Å². The van der Waals surface area contributed by atoms with Gasteiger partial charge in [0, 0.05) is 6.04 Å². The fraction of sp³-hybridized carbons (Fsp3) is 0.769. The zero-order valence-electron chi connectivity index (χ0n) is 18.7. The highest BCUT2D eigenvalue weighted by molar-refractivity contribution is 5.85. The molecule has 0 heterocycles. The Morgan fingerprint density at radius 2 is 1.00 bits per heavy atom. The number of hydrogen-bond acceptors (Lipinski definition) is 1. The Bertz CT molecular complexity index is 406. The molecule has 2 N–H and O–H groups in total. The Balaban J connectivity index is 0.00000729. The van der Waals surface area contributed by atoms with Crippen molar-refractivity contribution in [1.82, 2.24) is 0 Å². The van der Waals surface area contributed by atoms with E-state index in [9.17, 15) is 0 Å². The van der Waals surface area contributed by atoms with Crippen LogP contribution in [0.5, 0.6) is 0 Å². The fourth-order valence-corrected chi connectivity index (χ4v) is 3.97. The van der Waals surface area contributed by atoms with Crippen LogP contribution in [0.3, 0.4) is 0 Å². The quantitative estimate of drug-likeness (QED) is 0.227. The van der Waals surface area contributed by atoms with E-state index < -0.39 is 0 Å². The first-order valence-corrected chi connectivity index (χ1v) is 12.1. The summed E-state index contributed by atoms with van der Waals surface area (Å²) in [5, 5.41) is 0. The van der Waals surface area contributed by atoms with Crippen molar-refractivity contribution in [3.63, 3.8) is 0 Å². The molecule has 1 aromatic carbocycles. The minimum Gasteiger partial charge on any atom is -0.327 e. The van der Waals surface area contributed by atoms with Gasteiger partial charge in [-0.15, -0.1) is 12.4 Å².